The molecule has 9 nitrogen and oxygen atoms in total. The Morgan fingerprint density at radius 3 is 2.71 bits per heavy atom. The third-order valence-electron chi connectivity index (χ3n) is 5.72. The van der Waals surface area contributed by atoms with Crippen LogP contribution in [0.4, 0.5) is 5.13 Å². The molecule has 31 heavy (non-hydrogen) atoms. The zero-order chi connectivity index (χ0) is 21.6. The molecule has 0 radical (unpaired) electrons. The SMILES string of the molecule is O=C(CCC(=O)N1CCN(c2nc3cccnc3s2)CC1)NCCCN1CCCC1=O. The van der Waals surface area contributed by atoms with Crippen molar-refractivity contribution in [2.24, 2.45) is 0 Å². The average Bonchev–Trinajstić information content (AvgIpc) is 3.41. The van der Waals surface area contributed by atoms with Gasteiger partial charge in [-0.05, 0) is 25.0 Å². The first-order chi connectivity index (χ1) is 15.1. The summed E-state index contributed by atoms with van der Waals surface area (Å²) in [7, 11) is 0. The van der Waals surface area contributed by atoms with E-state index in [1.54, 1.807) is 17.5 Å². The van der Waals surface area contributed by atoms with Crippen LogP contribution in [0.25, 0.3) is 10.3 Å². The van der Waals surface area contributed by atoms with Gasteiger partial charge in [-0.25, -0.2) is 9.97 Å². The summed E-state index contributed by atoms with van der Waals surface area (Å²) in [4.78, 5) is 51.8. The molecule has 10 heteroatoms. The fourth-order valence-electron chi connectivity index (χ4n) is 3.95. The number of hydrogen-bond acceptors (Lipinski definition) is 7. The molecule has 2 aliphatic rings. The van der Waals surface area contributed by atoms with Crippen molar-refractivity contribution in [1.82, 2.24) is 25.1 Å². The molecular weight excluding hydrogens is 416 g/mol. The predicted octanol–water partition coefficient (Wildman–Crippen LogP) is 1.25. The summed E-state index contributed by atoms with van der Waals surface area (Å²) in [6.07, 6.45) is 4.51. The van der Waals surface area contributed by atoms with Gasteiger partial charge in [-0.15, -0.1) is 0 Å². The van der Waals surface area contributed by atoms with Gasteiger partial charge in [0.05, 0.1) is 0 Å². The number of aromatic nitrogens is 2. The summed E-state index contributed by atoms with van der Waals surface area (Å²) in [5.41, 5.74) is 0.902. The van der Waals surface area contributed by atoms with Crippen LogP contribution in [-0.2, 0) is 14.4 Å². The van der Waals surface area contributed by atoms with Crippen molar-refractivity contribution in [1.29, 1.82) is 0 Å². The zero-order valence-electron chi connectivity index (χ0n) is 17.6. The second-order valence-electron chi connectivity index (χ2n) is 7.88. The van der Waals surface area contributed by atoms with Crippen molar-refractivity contribution >= 4 is 44.5 Å². The Balaban J connectivity index is 1.13. The van der Waals surface area contributed by atoms with E-state index >= 15 is 0 Å². The normalized spacial score (nSPS) is 16.9. The molecule has 2 aromatic rings. The molecule has 2 saturated heterocycles. The number of nitrogens with one attached hydrogen (secondary N) is 1. The number of thiazole rings is 1. The fraction of sp³-hybridized carbons (Fsp3) is 0.571. The minimum Gasteiger partial charge on any atom is -0.356 e. The molecule has 0 saturated carbocycles. The highest BCUT2D eigenvalue weighted by atomic mass is 32.1. The van der Waals surface area contributed by atoms with Crippen molar-refractivity contribution < 1.29 is 14.4 Å². The maximum absolute atomic E-state index is 12.5. The van der Waals surface area contributed by atoms with Crippen LogP contribution in [0.2, 0.25) is 0 Å². The second kappa shape index (κ2) is 10.0. The number of hydrogen-bond donors (Lipinski definition) is 1. The lowest BCUT2D eigenvalue weighted by Gasteiger charge is -2.34. The van der Waals surface area contributed by atoms with Gasteiger partial charge in [0.1, 0.15) is 10.3 Å². The lowest BCUT2D eigenvalue weighted by Crippen LogP contribution is -2.49. The number of carbonyl (C=O) groups excluding carboxylic acids is 3. The topological polar surface area (TPSA) is 98.7 Å². The molecule has 4 heterocycles. The molecule has 0 unspecified atom stereocenters. The van der Waals surface area contributed by atoms with E-state index in [0.717, 1.165) is 48.0 Å². The number of fused-ring (bicyclic) bond motifs is 1. The van der Waals surface area contributed by atoms with Gasteiger partial charge >= 0.3 is 0 Å². The van der Waals surface area contributed by atoms with Crippen LogP contribution < -0.4 is 10.2 Å². The minimum absolute atomic E-state index is 0.0171. The third kappa shape index (κ3) is 5.49. The number of anilines is 1. The summed E-state index contributed by atoms with van der Waals surface area (Å²) < 4.78 is 0. The number of piperazine rings is 1. The van der Waals surface area contributed by atoms with Gasteiger partial charge in [0.15, 0.2) is 5.13 Å². The molecule has 1 N–H and O–H groups in total. The van der Waals surface area contributed by atoms with Crippen molar-refractivity contribution in [3.63, 3.8) is 0 Å². The van der Waals surface area contributed by atoms with Gasteiger partial charge in [-0.2, -0.15) is 0 Å². The third-order valence-corrected chi connectivity index (χ3v) is 6.76. The van der Waals surface area contributed by atoms with Crippen molar-refractivity contribution in [2.75, 3.05) is 50.7 Å². The molecule has 166 valence electrons. The highest BCUT2D eigenvalue weighted by Crippen LogP contribution is 2.27. The molecule has 2 aromatic heterocycles. The van der Waals surface area contributed by atoms with Crippen molar-refractivity contribution in [2.45, 2.75) is 32.1 Å². The maximum Gasteiger partial charge on any atom is 0.223 e. The Morgan fingerprint density at radius 2 is 1.97 bits per heavy atom. The molecule has 4 rings (SSSR count). The lowest BCUT2D eigenvalue weighted by molar-refractivity contribution is -0.134. The molecule has 0 bridgehead atoms. The molecular formula is C21H28N6O3S. The number of nitrogens with zero attached hydrogens (tertiary/aromatic N) is 5. The molecule has 2 aliphatic heterocycles. The van der Waals surface area contributed by atoms with E-state index in [2.05, 4.69) is 20.2 Å². The van der Waals surface area contributed by atoms with E-state index in [4.69, 9.17) is 0 Å². The summed E-state index contributed by atoms with van der Waals surface area (Å²) in [6.45, 7) is 4.77. The number of carbonyl (C=O) groups is 3. The average molecular weight is 445 g/mol. The molecule has 0 atom stereocenters. The molecule has 3 amide bonds. The minimum atomic E-state index is -0.110. The molecule has 0 aromatic carbocycles. The molecule has 0 aliphatic carbocycles. The first-order valence-electron chi connectivity index (χ1n) is 10.9. The van der Waals surface area contributed by atoms with Crippen LogP contribution in [0.15, 0.2) is 18.3 Å². The van der Waals surface area contributed by atoms with Gasteiger partial charge in [-0.3, -0.25) is 14.4 Å². The van der Waals surface area contributed by atoms with E-state index in [1.807, 2.05) is 21.9 Å². The number of likely N-dealkylation sites (tertiary alicyclic amines) is 1. The number of rotatable bonds is 8. The summed E-state index contributed by atoms with van der Waals surface area (Å²) in [6, 6.07) is 3.84. The smallest absolute Gasteiger partial charge is 0.223 e. The van der Waals surface area contributed by atoms with Gasteiger partial charge in [0.25, 0.3) is 0 Å². The predicted molar refractivity (Wildman–Crippen MR) is 119 cm³/mol. The Labute approximate surface area is 185 Å². The second-order valence-corrected chi connectivity index (χ2v) is 8.84. The highest BCUT2D eigenvalue weighted by Gasteiger charge is 2.23. The van der Waals surface area contributed by atoms with Crippen molar-refractivity contribution in [3.05, 3.63) is 18.3 Å². The molecule has 2 fully saturated rings. The van der Waals surface area contributed by atoms with Gasteiger partial charge in [0, 0.05) is 71.3 Å². The fourth-order valence-corrected chi connectivity index (χ4v) is 4.91. The quantitative estimate of drug-likeness (QED) is 0.616. The van der Waals surface area contributed by atoms with Gasteiger partial charge < -0.3 is 20.0 Å². The largest absolute Gasteiger partial charge is 0.356 e. The standard InChI is InChI=1S/C21H28N6O3S/c28-17(22-9-3-11-25-10-2-5-18(25)29)6-7-19(30)26-12-14-27(15-13-26)21-24-16-4-1-8-23-20(16)31-21/h1,4,8H,2-3,5-7,9-15H2,(H,22,28). The van der Waals surface area contributed by atoms with E-state index in [-0.39, 0.29) is 30.6 Å². The Kier molecular flexibility index (Phi) is 6.96. The summed E-state index contributed by atoms with van der Waals surface area (Å²) in [5.74, 6) is 0.113. The van der Waals surface area contributed by atoms with Crippen LogP contribution in [-0.4, -0.2) is 83.3 Å². The van der Waals surface area contributed by atoms with E-state index in [0.29, 0.717) is 32.6 Å². The van der Waals surface area contributed by atoms with Gasteiger partial charge in [0.2, 0.25) is 17.7 Å². The van der Waals surface area contributed by atoms with Gasteiger partial charge in [-0.1, -0.05) is 11.3 Å². The van der Waals surface area contributed by atoms with Crippen LogP contribution in [0, 0.1) is 0 Å². The molecule has 0 spiro atoms. The Hall–Kier alpha value is -2.75. The van der Waals surface area contributed by atoms with E-state index in [1.165, 1.54) is 0 Å². The Morgan fingerprint density at radius 1 is 1.13 bits per heavy atom. The first-order valence-corrected chi connectivity index (χ1v) is 11.7. The number of pyridine rings is 1. The van der Waals surface area contributed by atoms with Crippen LogP contribution in [0.3, 0.4) is 0 Å². The summed E-state index contributed by atoms with van der Waals surface area (Å²) in [5, 5.41) is 3.79. The number of amides is 3. The van der Waals surface area contributed by atoms with Crippen molar-refractivity contribution in [3.8, 4) is 0 Å². The Bertz CT molecular complexity index is 907. The first kappa shape index (κ1) is 21.5. The maximum atomic E-state index is 12.5. The van der Waals surface area contributed by atoms with E-state index < -0.39 is 0 Å². The lowest BCUT2D eigenvalue weighted by atomic mass is 10.2. The summed E-state index contributed by atoms with van der Waals surface area (Å²) >= 11 is 1.57. The monoisotopic (exact) mass is 444 g/mol. The highest BCUT2D eigenvalue weighted by molar-refractivity contribution is 7.21. The van der Waals surface area contributed by atoms with Crippen LogP contribution in [0.5, 0.6) is 0 Å². The van der Waals surface area contributed by atoms with Crippen LogP contribution >= 0.6 is 11.3 Å². The van der Waals surface area contributed by atoms with E-state index in [9.17, 15) is 14.4 Å². The van der Waals surface area contributed by atoms with Crippen LogP contribution in [0.1, 0.15) is 32.1 Å². The zero-order valence-corrected chi connectivity index (χ0v) is 18.4.